The molecule has 0 heterocycles. The molecular formula is C12H22O. The number of hydrogen-bond donors (Lipinski definition) is 1. The van der Waals surface area contributed by atoms with Crippen LogP contribution in [0.1, 0.15) is 52.9 Å². The minimum absolute atomic E-state index is 0.0791. The molecule has 0 radical (unpaired) electrons. The summed E-state index contributed by atoms with van der Waals surface area (Å²) in [6, 6.07) is 0. The fourth-order valence-electron chi connectivity index (χ4n) is 1.66. The Labute approximate surface area is 82.5 Å². The Kier molecular flexibility index (Phi) is 7.83. The van der Waals surface area contributed by atoms with E-state index >= 15 is 0 Å². The lowest BCUT2D eigenvalue weighted by Crippen LogP contribution is -2.23. The van der Waals surface area contributed by atoms with Crippen LogP contribution in [0.15, 0.2) is 0 Å². The fourth-order valence-corrected chi connectivity index (χ4v) is 1.66. The van der Waals surface area contributed by atoms with Gasteiger partial charge in [0.2, 0.25) is 0 Å². The highest BCUT2D eigenvalue weighted by atomic mass is 16.3. The van der Waals surface area contributed by atoms with E-state index in [1.165, 1.54) is 12.8 Å². The highest BCUT2D eigenvalue weighted by Gasteiger charge is 2.21. The van der Waals surface area contributed by atoms with Crippen LogP contribution in [-0.2, 0) is 0 Å². The maximum Gasteiger partial charge on any atom is 0.0577 e. The first-order chi connectivity index (χ1) is 6.34. The second kappa shape index (κ2) is 8.13. The summed E-state index contributed by atoms with van der Waals surface area (Å²) in [6.45, 7) is 5.86. The minimum atomic E-state index is -0.0791. The summed E-state index contributed by atoms with van der Waals surface area (Å²) in [6.07, 6.45) is 5.41. The molecule has 1 heteroatoms. The zero-order valence-corrected chi connectivity index (χ0v) is 9.14. The highest BCUT2D eigenvalue weighted by molar-refractivity contribution is 4.98. The second-order valence-corrected chi connectivity index (χ2v) is 3.24. The van der Waals surface area contributed by atoms with E-state index in [4.69, 9.17) is 0 Å². The van der Waals surface area contributed by atoms with Crippen LogP contribution in [0.5, 0.6) is 0 Å². The van der Waals surface area contributed by atoms with Gasteiger partial charge >= 0.3 is 0 Å². The third-order valence-electron chi connectivity index (χ3n) is 2.41. The lowest BCUT2D eigenvalue weighted by Gasteiger charge is -2.25. The molecule has 0 aliphatic heterocycles. The molecule has 0 aromatic heterocycles. The molecule has 2 unspecified atom stereocenters. The standard InChI is InChI=1S/C10H16O.C2H6/c1-2-3-6-9-7-4-5-8-10(9)11;1-2/h9-11H,4-8H2,1H3;1-2H3. The van der Waals surface area contributed by atoms with Crippen LogP contribution in [-0.4, -0.2) is 11.2 Å². The van der Waals surface area contributed by atoms with Crippen molar-refractivity contribution in [1.82, 2.24) is 0 Å². The molecular weight excluding hydrogens is 160 g/mol. The van der Waals surface area contributed by atoms with Crippen LogP contribution in [0.2, 0.25) is 0 Å². The van der Waals surface area contributed by atoms with E-state index in [2.05, 4.69) is 11.8 Å². The lowest BCUT2D eigenvalue weighted by atomic mass is 9.85. The van der Waals surface area contributed by atoms with Crippen molar-refractivity contribution < 1.29 is 5.11 Å². The maximum atomic E-state index is 9.53. The largest absolute Gasteiger partial charge is 0.393 e. The highest BCUT2D eigenvalue weighted by Crippen LogP contribution is 2.26. The summed E-state index contributed by atoms with van der Waals surface area (Å²) in [5.41, 5.74) is 0. The molecule has 2 atom stereocenters. The number of hydrogen-bond acceptors (Lipinski definition) is 1. The van der Waals surface area contributed by atoms with Gasteiger partial charge in [-0.2, -0.15) is 0 Å². The molecule has 1 saturated carbocycles. The molecule has 0 aromatic carbocycles. The summed E-state index contributed by atoms with van der Waals surface area (Å²) in [5.74, 6) is 6.37. The normalized spacial score (nSPS) is 26.5. The Morgan fingerprint density at radius 3 is 2.38 bits per heavy atom. The van der Waals surface area contributed by atoms with Gasteiger partial charge in [0.1, 0.15) is 0 Å². The summed E-state index contributed by atoms with van der Waals surface area (Å²) >= 11 is 0. The summed E-state index contributed by atoms with van der Waals surface area (Å²) in [4.78, 5) is 0. The molecule has 0 aromatic rings. The summed E-state index contributed by atoms with van der Waals surface area (Å²) in [5, 5.41) is 9.53. The molecule has 1 rings (SSSR count). The molecule has 0 spiro atoms. The average molecular weight is 182 g/mol. The van der Waals surface area contributed by atoms with Crippen molar-refractivity contribution in [3.63, 3.8) is 0 Å². The van der Waals surface area contributed by atoms with Crippen molar-refractivity contribution in [2.24, 2.45) is 5.92 Å². The molecule has 0 saturated heterocycles. The van der Waals surface area contributed by atoms with Crippen LogP contribution in [0.25, 0.3) is 0 Å². The van der Waals surface area contributed by atoms with Crippen molar-refractivity contribution in [2.75, 3.05) is 0 Å². The lowest BCUT2D eigenvalue weighted by molar-refractivity contribution is 0.0725. The van der Waals surface area contributed by atoms with Crippen molar-refractivity contribution in [3.8, 4) is 11.8 Å². The molecule has 1 aliphatic rings. The van der Waals surface area contributed by atoms with Gasteiger partial charge < -0.3 is 5.11 Å². The smallest absolute Gasteiger partial charge is 0.0577 e. The first-order valence-corrected chi connectivity index (χ1v) is 5.42. The topological polar surface area (TPSA) is 20.2 Å². The Bertz CT molecular complexity index is 164. The monoisotopic (exact) mass is 182 g/mol. The molecule has 1 aliphatic carbocycles. The van der Waals surface area contributed by atoms with Crippen molar-refractivity contribution >= 4 is 0 Å². The van der Waals surface area contributed by atoms with Gasteiger partial charge in [-0.15, -0.1) is 11.8 Å². The van der Waals surface area contributed by atoms with Gasteiger partial charge in [0.15, 0.2) is 0 Å². The van der Waals surface area contributed by atoms with E-state index in [1.54, 1.807) is 0 Å². The maximum absolute atomic E-state index is 9.53. The third-order valence-corrected chi connectivity index (χ3v) is 2.41. The minimum Gasteiger partial charge on any atom is -0.393 e. The number of rotatable bonds is 1. The van der Waals surface area contributed by atoms with Crippen LogP contribution < -0.4 is 0 Å². The summed E-state index contributed by atoms with van der Waals surface area (Å²) in [7, 11) is 0. The van der Waals surface area contributed by atoms with Crippen LogP contribution in [0.3, 0.4) is 0 Å². The van der Waals surface area contributed by atoms with Crippen molar-refractivity contribution in [3.05, 3.63) is 0 Å². The van der Waals surface area contributed by atoms with Gasteiger partial charge in [0, 0.05) is 6.42 Å². The zero-order valence-electron chi connectivity index (χ0n) is 9.14. The Morgan fingerprint density at radius 2 is 1.85 bits per heavy atom. The molecule has 1 fully saturated rings. The van der Waals surface area contributed by atoms with E-state index < -0.39 is 0 Å². The van der Waals surface area contributed by atoms with Crippen LogP contribution >= 0.6 is 0 Å². The Hall–Kier alpha value is -0.480. The molecule has 13 heavy (non-hydrogen) atoms. The Balaban J connectivity index is 0.000000671. The van der Waals surface area contributed by atoms with E-state index in [9.17, 15) is 5.11 Å². The fraction of sp³-hybridized carbons (Fsp3) is 0.833. The quantitative estimate of drug-likeness (QED) is 0.618. The van der Waals surface area contributed by atoms with E-state index in [0.717, 1.165) is 19.3 Å². The average Bonchev–Trinajstić information content (AvgIpc) is 2.20. The predicted molar refractivity (Wildman–Crippen MR) is 57.4 cm³/mol. The van der Waals surface area contributed by atoms with Gasteiger partial charge in [-0.1, -0.05) is 26.7 Å². The number of aliphatic hydroxyl groups excluding tert-OH is 1. The Morgan fingerprint density at radius 1 is 1.23 bits per heavy atom. The van der Waals surface area contributed by atoms with Crippen LogP contribution in [0.4, 0.5) is 0 Å². The third kappa shape index (κ3) is 4.95. The molecule has 76 valence electrons. The SMILES string of the molecule is CC.CC#CCC1CCCCC1O. The van der Waals surface area contributed by atoms with Gasteiger partial charge in [-0.25, -0.2) is 0 Å². The van der Waals surface area contributed by atoms with E-state index in [-0.39, 0.29) is 6.10 Å². The first kappa shape index (κ1) is 12.5. The molecule has 0 bridgehead atoms. The van der Waals surface area contributed by atoms with Crippen molar-refractivity contribution in [2.45, 2.75) is 59.0 Å². The predicted octanol–water partition coefficient (Wildman–Crippen LogP) is 2.98. The molecule has 1 nitrogen and oxygen atoms in total. The van der Waals surface area contributed by atoms with E-state index in [0.29, 0.717) is 5.92 Å². The van der Waals surface area contributed by atoms with Crippen molar-refractivity contribution in [1.29, 1.82) is 0 Å². The van der Waals surface area contributed by atoms with Gasteiger partial charge in [-0.3, -0.25) is 0 Å². The van der Waals surface area contributed by atoms with E-state index in [1.807, 2.05) is 20.8 Å². The van der Waals surface area contributed by atoms with Gasteiger partial charge in [0.05, 0.1) is 6.10 Å². The van der Waals surface area contributed by atoms with Gasteiger partial charge in [0.25, 0.3) is 0 Å². The molecule has 0 amide bonds. The molecule has 1 N–H and O–H groups in total. The van der Waals surface area contributed by atoms with Crippen LogP contribution in [0, 0.1) is 17.8 Å². The zero-order chi connectivity index (χ0) is 10.1. The summed E-state index contributed by atoms with van der Waals surface area (Å²) < 4.78 is 0. The number of aliphatic hydroxyl groups is 1. The first-order valence-electron chi connectivity index (χ1n) is 5.42. The second-order valence-electron chi connectivity index (χ2n) is 3.24. The van der Waals surface area contributed by atoms with Gasteiger partial charge in [-0.05, 0) is 25.7 Å².